The van der Waals surface area contributed by atoms with Crippen LogP contribution in [-0.4, -0.2) is 49.0 Å². The number of benzene rings is 1. The number of aliphatic imine (C=N–C) groups is 1. The summed E-state index contributed by atoms with van der Waals surface area (Å²) in [5, 5.41) is 6.77. The van der Waals surface area contributed by atoms with Crippen molar-refractivity contribution >= 4 is 35.8 Å². The molecule has 0 aliphatic carbocycles. The van der Waals surface area contributed by atoms with Gasteiger partial charge in [-0.15, -0.1) is 24.0 Å². The molecule has 25 heavy (non-hydrogen) atoms. The third-order valence-electron chi connectivity index (χ3n) is 4.28. The second-order valence-corrected chi connectivity index (χ2v) is 6.32. The van der Waals surface area contributed by atoms with Crippen molar-refractivity contribution in [2.75, 3.05) is 26.2 Å². The molecule has 1 atom stereocenters. The zero-order chi connectivity index (χ0) is 17.4. The Morgan fingerprint density at radius 2 is 2.16 bits per heavy atom. The Morgan fingerprint density at radius 1 is 1.36 bits per heavy atom. The summed E-state index contributed by atoms with van der Waals surface area (Å²) in [6.07, 6.45) is 2.49. The zero-order valence-electron chi connectivity index (χ0n) is 15.5. The van der Waals surface area contributed by atoms with E-state index in [-0.39, 0.29) is 35.9 Å². The third kappa shape index (κ3) is 7.22. The van der Waals surface area contributed by atoms with Gasteiger partial charge in [0.1, 0.15) is 0 Å². The summed E-state index contributed by atoms with van der Waals surface area (Å²) >= 11 is 0. The van der Waals surface area contributed by atoms with Crippen LogP contribution in [0.4, 0.5) is 0 Å². The van der Waals surface area contributed by atoms with Crippen LogP contribution >= 0.6 is 24.0 Å². The number of carbonyl (C=O) groups excluding carboxylic acids is 1. The summed E-state index contributed by atoms with van der Waals surface area (Å²) < 4.78 is 0. The van der Waals surface area contributed by atoms with Gasteiger partial charge in [0, 0.05) is 38.6 Å². The largest absolute Gasteiger partial charge is 0.357 e. The molecule has 0 bridgehead atoms. The normalized spacial score (nSPS) is 17.2. The molecule has 1 aliphatic heterocycles. The van der Waals surface area contributed by atoms with Gasteiger partial charge in [-0.1, -0.05) is 36.8 Å². The Hall–Kier alpha value is -1.31. The Bertz CT molecular complexity index is 576. The van der Waals surface area contributed by atoms with Crippen LogP contribution in [0.2, 0.25) is 0 Å². The van der Waals surface area contributed by atoms with Gasteiger partial charge in [-0.05, 0) is 32.3 Å². The fourth-order valence-corrected chi connectivity index (χ4v) is 3.01. The van der Waals surface area contributed by atoms with Gasteiger partial charge in [0.15, 0.2) is 5.96 Å². The summed E-state index contributed by atoms with van der Waals surface area (Å²) in [5.41, 5.74) is 2.60. The van der Waals surface area contributed by atoms with Crippen LogP contribution < -0.4 is 10.6 Å². The molecule has 0 radical (unpaired) electrons. The number of hydrogen-bond donors (Lipinski definition) is 2. The topological polar surface area (TPSA) is 56.7 Å². The molecule has 6 heteroatoms. The summed E-state index contributed by atoms with van der Waals surface area (Å²) in [6.45, 7) is 9.30. The minimum Gasteiger partial charge on any atom is -0.357 e. The van der Waals surface area contributed by atoms with Gasteiger partial charge in [-0.2, -0.15) is 0 Å². The lowest BCUT2D eigenvalue weighted by Gasteiger charge is -2.18. The predicted octanol–water partition coefficient (Wildman–Crippen LogP) is 2.72. The average Bonchev–Trinajstić information content (AvgIpc) is 3.03. The first-order valence-electron chi connectivity index (χ1n) is 9.00. The van der Waals surface area contributed by atoms with Crippen LogP contribution in [0, 0.1) is 6.92 Å². The Morgan fingerprint density at radius 3 is 2.84 bits per heavy atom. The van der Waals surface area contributed by atoms with Crippen molar-refractivity contribution in [2.24, 2.45) is 4.99 Å². The van der Waals surface area contributed by atoms with E-state index in [9.17, 15) is 4.79 Å². The predicted molar refractivity (Wildman–Crippen MR) is 115 cm³/mol. The van der Waals surface area contributed by atoms with Crippen LogP contribution in [-0.2, 0) is 11.2 Å². The molecule has 0 aromatic heterocycles. The van der Waals surface area contributed by atoms with Crippen LogP contribution in [0.15, 0.2) is 29.3 Å². The second-order valence-electron chi connectivity index (χ2n) is 6.32. The number of carbonyl (C=O) groups is 1. The molecule has 1 saturated heterocycles. The molecule has 1 heterocycles. The first-order valence-corrected chi connectivity index (χ1v) is 9.00. The Kier molecular flexibility index (Phi) is 9.85. The monoisotopic (exact) mass is 458 g/mol. The molecule has 1 amide bonds. The van der Waals surface area contributed by atoms with Crippen LogP contribution in [0.3, 0.4) is 0 Å². The van der Waals surface area contributed by atoms with Gasteiger partial charge >= 0.3 is 0 Å². The lowest BCUT2D eigenvalue weighted by atomic mass is 10.1. The van der Waals surface area contributed by atoms with Gasteiger partial charge in [0.05, 0.1) is 0 Å². The molecule has 1 aromatic carbocycles. The average molecular weight is 458 g/mol. The molecule has 1 unspecified atom stereocenters. The number of aryl methyl sites for hydroxylation is 1. The Labute approximate surface area is 168 Å². The molecular weight excluding hydrogens is 427 g/mol. The number of nitrogens with zero attached hydrogens (tertiary/aromatic N) is 2. The fraction of sp³-hybridized carbons (Fsp3) is 0.579. The number of likely N-dealkylation sites (tertiary alicyclic amines) is 1. The lowest BCUT2D eigenvalue weighted by Crippen LogP contribution is -2.45. The fourth-order valence-electron chi connectivity index (χ4n) is 3.01. The summed E-state index contributed by atoms with van der Waals surface area (Å²) in [5.74, 6) is 1.08. The minimum absolute atomic E-state index is 0. The first-order chi connectivity index (χ1) is 11.6. The van der Waals surface area contributed by atoms with E-state index in [0.29, 0.717) is 6.42 Å². The van der Waals surface area contributed by atoms with E-state index in [1.165, 1.54) is 11.1 Å². The highest BCUT2D eigenvalue weighted by atomic mass is 127. The third-order valence-corrected chi connectivity index (χ3v) is 4.28. The SMILES string of the molecule is CCNC(=NCCc1cccc(C)c1)NC1CCN(C(=O)CC)C1.I. The van der Waals surface area contributed by atoms with E-state index in [1.807, 2.05) is 11.8 Å². The van der Waals surface area contributed by atoms with Crippen molar-refractivity contribution in [1.29, 1.82) is 0 Å². The van der Waals surface area contributed by atoms with Crippen molar-refractivity contribution in [3.63, 3.8) is 0 Å². The first kappa shape index (κ1) is 21.7. The number of halogens is 1. The maximum Gasteiger partial charge on any atom is 0.222 e. The van der Waals surface area contributed by atoms with Crippen LogP contribution in [0.25, 0.3) is 0 Å². The van der Waals surface area contributed by atoms with E-state index >= 15 is 0 Å². The molecule has 0 spiro atoms. The van der Waals surface area contributed by atoms with E-state index in [2.05, 4.69) is 53.7 Å². The van der Waals surface area contributed by atoms with Crippen molar-refractivity contribution in [2.45, 2.75) is 46.1 Å². The maximum atomic E-state index is 11.8. The van der Waals surface area contributed by atoms with E-state index in [4.69, 9.17) is 0 Å². The van der Waals surface area contributed by atoms with E-state index < -0.39 is 0 Å². The summed E-state index contributed by atoms with van der Waals surface area (Å²) in [4.78, 5) is 18.4. The van der Waals surface area contributed by atoms with Gasteiger partial charge < -0.3 is 15.5 Å². The summed E-state index contributed by atoms with van der Waals surface area (Å²) in [7, 11) is 0. The molecule has 140 valence electrons. The quantitative estimate of drug-likeness (QED) is 0.392. The molecular formula is C19H31IN4O. The van der Waals surface area contributed by atoms with E-state index in [0.717, 1.165) is 45.0 Å². The zero-order valence-corrected chi connectivity index (χ0v) is 17.9. The number of hydrogen-bond acceptors (Lipinski definition) is 2. The number of amides is 1. The highest BCUT2D eigenvalue weighted by molar-refractivity contribution is 14.0. The number of guanidine groups is 1. The molecule has 1 fully saturated rings. The minimum atomic E-state index is 0. The molecule has 5 nitrogen and oxygen atoms in total. The molecule has 2 N–H and O–H groups in total. The summed E-state index contributed by atoms with van der Waals surface area (Å²) in [6, 6.07) is 8.85. The van der Waals surface area contributed by atoms with E-state index in [1.54, 1.807) is 0 Å². The lowest BCUT2D eigenvalue weighted by molar-refractivity contribution is -0.129. The van der Waals surface area contributed by atoms with Crippen LogP contribution in [0.1, 0.15) is 37.8 Å². The van der Waals surface area contributed by atoms with Gasteiger partial charge in [-0.3, -0.25) is 9.79 Å². The van der Waals surface area contributed by atoms with Crippen molar-refractivity contribution in [1.82, 2.24) is 15.5 Å². The second kappa shape index (κ2) is 11.3. The molecule has 0 saturated carbocycles. The van der Waals surface area contributed by atoms with Crippen molar-refractivity contribution in [3.8, 4) is 0 Å². The molecule has 2 rings (SSSR count). The van der Waals surface area contributed by atoms with Crippen LogP contribution in [0.5, 0.6) is 0 Å². The van der Waals surface area contributed by atoms with Crippen molar-refractivity contribution < 1.29 is 4.79 Å². The maximum absolute atomic E-state index is 11.8. The highest BCUT2D eigenvalue weighted by Gasteiger charge is 2.25. The van der Waals surface area contributed by atoms with Crippen molar-refractivity contribution in [3.05, 3.63) is 35.4 Å². The smallest absolute Gasteiger partial charge is 0.222 e. The number of rotatable bonds is 6. The van der Waals surface area contributed by atoms with Gasteiger partial charge in [0.2, 0.25) is 5.91 Å². The molecule has 1 aromatic rings. The van der Waals surface area contributed by atoms with Gasteiger partial charge in [-0.25, -0.2) is 0 Å². The Balaban J connectivity index is 0.00000312. The molecule has 1 aliphatic rings. The highest BCUT2D eigenvalue weighted by Crippen LogP contribution is 2.10. The van der Waals surface area contributed by atoms with Gasteiger partial charge in [0.25, 0.3) is 0 Å². The standard InChI is InChI=1S/C19H30N4O.HI/c1-4-18(24)23-12-10-17(14-23)22-19(20-5-2)21-11-9-16-8-6-7-15(3)13-16;/h6-8,13,17H,4-5,9-12,14H2,1-3H3,(H2,20,21,22);1H. The number of nitrogens with one attached hydrogen (secondary N) is 2.